The number of nitrogens with two attached hydrogens (primary N) is 2. The fourth-order valence-corrected chi connectivity index (χ4v) is 2.55. The molecule has 4 nitrogen and oxygen atoms in total. The minimum absolute atomic E-state index is 0.421. The smallest absolute Gasteiger partial charge is 0.250 e. The van der Waals surface area contributed by atoms with Crippen molar-refractivity contribution in [3.05, 3.63) is 23.8 Å². The molecule has 1 aromatic rings. The average molecular weight is 247 g/mol. The molecule has 1 saturated heterocycles. The molecule has 1 aliphatic rings. The lowest BCUT2D eigenvalue weighted by molar-refractivity contribution is 0.100. The standard InChI is InChI=1S/C14H21N3O/c1-2-10-5-7-17(8-6-10)11-3-4-13(15)12(9-11)14(16)18/h3-4,9-10H,2,5-8,15H2,1H3,(H2,16,18). The minimum Gasteiger partial charge on any atom is -0.398 e. The molecule has 1 heterocycles. The number of primary amides is 1. The molecule has 0 aromatic heterocycles. The lowest BCUT2D eigenvalue weighted by atomic mass is 9.94. The maximum Gasteiger partial charge on any atom is 0.250 e. The molecule has 1 fully saturated rings. The summed E-state index contributed by atoms with van der Waals surface area (Å²) in [7, 11) is 0. The van der Waals surface area contributed by atoms with E-state index in [1.54, 1.807) is 6.07 Å². The van der Waals surface area contributed by atoms with Gasteiger partial charge in [0.15, 0.2) is 0 Å². The van der Waals surface area contributed by atoms with E-state index in [-0.39, 0.29) is 0 Å². The summed E-state index contributed by atoms with van der Waals surface area (Å²) < 4.78 is 0. The Kier molecular flexibility index (Phi) is 3.75. The van der Waals surface area contributed by atoms with Crippen LogP contribution in [0.15, 0.2) is 18.2 Å². The average Bonchev–Trinajstić information content (AvgIpc) is 2.39. The molecule has 0 radical (unpaired) electrons. The fourth-order valence-electron chi connectivity index (χ4n) is 2.55. The number of piperidine rings is 1. The Morgan fingerprint density at radius 1 is 1.39 bits per heavy atom. The molecule has 4 N–H and O–H groups in total. The first-order chi connectivity index (χ1) is 8.61. The van der Waals surface area contributed by atoms with E-state index >= 15 is 0 Å². The van der Waals surface area contributed by atoms with Gasteiger partial charge in [-0.3, -0.25) is 4.79 Å². The van der Waals surface area contributed by atoms with Crippen LogP contribution in [0, 0.1) is 5.92 Å². The summed E-state index contributed by atoms with van der Waals surface area (Å²) >= 11 is 0. The van der Waals surface area contributed by atoms with Crippen molar-refractivity contribution in [2.45, 2.75) is 26.2 Å². The highest BCUT2D eigenvalue weighted by Gasteiger charge is 2.19. The quantitative estimate of drug-likeness (QED) is 0.802. The van der Waals surface area contributed by atoms with Gasteiger partial charge >= 0.3 is 0 Å². The molecule has 0 unspecified atom stereocenters. The highest BCUT2D eigenvalue weighted by Crippen LogP contribution is 2.27. The molecule has 0 saturated carbocycles. The van der Waals surface area contributed by atoms with Crippen molar-refractivity contribution in [2.75, 3.05) is 23.7 Å². The molecule has 1 amide bonds. The molecule has 4 heteroatoms. The number of hydrogen-bond donors (Lipinski definition) is 2. The normalized spacial score (nSPS) is 16.8. The van der Waals surface area contributed by atoms with Gasteiger partial charge in [-0.2, -0.15) is 0 Å². The number of hydrogen-bond acceptors (Lipinski definition) is 3. The molecular weight excluding hydrogens is 226 g/mol. The van der Waals surface area contributed by atoms with Crippen LogP contribution in [0.1, 0.15) is 36.5 Å². The number of anilines is 2. The zero-order valence-electron chi connectivity index (χ0n) is 10.9. The molecule has 0 atom stereocenters. The second-order valence-corrected chi connectivity index (χ2v) is 4.97. The molecule has 98 valence electrons. The third-order valence-electron chi connectivity index (χ3n) is 3.86. The van der Waals surface area contributed by atoms with Crippen LogP contribution >= 0.6 is 0 Å². The summed E-state index contributed by atoms with van der Waals surface area (Å²) in [6, 6.07) is 5.54. The van der Waals surface area contributed by atoms with E-state index in [1.807, 2.05) is 12.1 Å². The SMILES string of the molecule is CCC1CCN(c2ccc(N)c(C(N)=O)c2)CC1. The van der Waals surface area contributed by atoms with Crippen molar-refractivity contribution in [3.8, 4) is 0 Å². The number of carbonyl (C=O) groups is 1. The van der Waals surface area contributed by atoms with Crippen LogP contribution in [0.2, 0.25) is 0 Å². The summed E-state index contributed by atoms with van der Waals surface area (Å²) in [5.74, 6) is 0.378. The van der Waals surface area contributed by atoms with Gasteiger partial charge in [0.05, 0.1) is 5.56 Å². The first-order valence-corrected chi connectivity index (χ1v) is 6.56. The Bertz CT molecular complexity index is 437. The first-order valence-electron chi connectivity index (χ1n) is 6.56. The third kappa shape index (κ3) is 2.58. The Balaban J connectivity index is 2.15. The van der Waals surface area contributed by atoms with Crippen LogP contribution in [0.3, 0.4) is 0 Å². The van der Waals surface area contributed by atoms with Crippen molar-refractivity contribution >= 4 is 17.3 Å². The molecule has 0 aliphatic carbocycles. The largest absolute Gasteiger partial charge is 0.398 e. The van der Waals surface area contributed by atoms with E-state index in [2.05, 4.69) is 11.8 Å². The Hall–Kier alpha value is -1.71. The second-order valence-electron chi connectivity index (χ2n) is 4.97. The van der Waals surface area contributed by atoms with Crippen molar-refractivity contribution in [3.63, 3.8) is 0 Å². The summed E-state index contributed by atoms with van der Waals surface area (Å²) in [4.78, 5) is 13.6. The predicted octanol–water partition coefficient (Wildman–Crippen LogP) is 1.99. The van der Waals surface area contributed by atoms with E-state index in [4.69, 9.17) is 11.5 Å². The van der Waals surface area contributed by atoms with E-state index in [1.165, 1.54) is 19.3 Å². The van der Waals surface area contributed by atoms with Gasteiger partial charge in [-0.15, -0.1) is 0 Å². The summed E-state index contributed by atoms with van der Waals surface area (Å²) in [5.41, 5.74) is 13.0. The summed E-state index contributed by atoms with van der Waals surface area (Å²) in [6.07, 6.45) is 3.68. The molecule has 1 aliphatic heterocycles. The van der Waals surface area contributed by atoms with Gasteiger partial charge < -0.3 is 16.4 Å². The van der Waals surface area contributed by atoms with Crippen LogP contribution in [-0.2, 0) is 0 Å². The van der Waals surface area contributed by atoms with Crippen molar-refractivity contribution in [2.24, 2.45) is 11.7 Å². The molecule has 0 bridgehead atoms. The highest BCUT2D eigenvalue weighted by atomic mass is 16.1. The fraction of sp³-hybridized carbons (Fsp3) is 0.500. The van der Waals surface area contributed by atoms with Crippen LogP contribution in [0.25, 0.3) is 0 Å². The zero-order valence-corrected chi connectivity index (χ0v) is 10.9. The van der Waals surface area contributed by atoms with Gasteiger partial charge in [-0.25, -0.2) is 0 Å². The number of rotatable bonds is 3. The Morgan fingerprint density at radius 2 is 2.06 bits per heavy atom. The van der Waals surface area contributed by atoms with Gasteiger partial charge in [-0.1, -0.05) is 13.3 Å². The minimum atomic E-state index is -0.460. The molecular formula is C14H21N3O. The Morgan fingerprint density at radius 3 is 2.61 bits per heavy atom. The lowest BCUT2D eigenvalue weighted by Gasteiger charge is -2.33. The van der Waals surface area contributed by atoms with E-state index in [0.717, 1.165) is 24.7 Å². The van der Waals surface area contributed by atoms with Crippen LogP contribution < -0.4 is 16.4 Å². The van der Waals surface area contributed by atoms with Crippen molar-refractivity contribution in [1.29, 1.82) is 0 Å². The van der Waals surface area contributed by atoms with E-state index in [9.17, 15) is 4.79 Å². The summed E-state index contributed by atoms with van der Waals surface area (Å²) in [5, 5.41) is 0. The zero-order chi connectivity index (χ0) is 13.1. The van der Waals surface area contributed by atoms with Crippen LogP contribution in [-0.4, -0.2) is 19.0 Å². The molecule has 1 aromatic carbocycles. The van der Waals surface area contributed by atoms with Crippen molar-refractivity contribution < 1.29 is 4.79 Å². The van der Waals surface area contributed by atoms with Gasteiger partial charge in [-0.05, 0) is 37.0 Å². The molecule has 18 heavy (non-hydrogen) atoms. The van der Waals surface area contributed by atoms with Crippen LogP contribution in [0.5, 0.6) is 0 Å². The molecule has 2 rings (SSSR count). The van der Waals surface area contributed by atoms with E-state index < -0.39 is 5.91 Å². The van der Waals surface area contributed by atoms with Gasteiger partial charge in [0.25, 0.3) is 5.91 Å². The predicted molar refractivity (Wildman–Crippen MR) is 74.6 cm³/mol. The number of carbonyl (C=O) groups excluding carboxylic acids is 1. The monoisotopic (exact) mass is 247 g/mol. The number of nitrogen functional groups attached to an aromatic ring is 1. The van der Waals surface area contributed by atoms with E-state index in [0.29, 0.717) is 11.3 Å². The Labute approximate surface area is 108 Å². The summed E-state index contributed by atoms with van der Waals surface area (Å²) in [6.45, 7) is 4.33. The second kappa shape index (κ2) is 5.29. The lowest BCUT2D eigenvalue weighted by Crippen LogP contribution is -2.33. The van der Waals surface area contributed by atoms with Crippen molar-refractivity contribution in [1.82, 2.24) is 0 Å². The topological polar surface area (TPSA) is 72.3 Å². The van der Waals surface area contributed by atoms with Gasteiger partial charge in [0.1, 0.15) is 0 Å². The number of benzene rings is 1. The molecule has 0 spiro atoms. The number of amides is 1. The maximum atomic E-state index is 11.3. The first kappa shape index (κ1) is 12.7. The van der Waals surface area contributed by atoms with Gasteiger partial charge in [0.2, 0.25) is 0 Å². The third-order valence-corrected chi connectivity index (χ3v) is 3.86. The van der Waals surface area contributed by atoms with Crippen LogP contribution in [0.4, 0.5) is 11.4 Å². The maximum absolute atomic E-state index is 11.3. The van der Waals surface area contributed by atoms with Gasteiger partial charge in [0, 0.05) is 24.5 Å². The highest BCUT2D eigenvalue weighted by molar-refractivity contribution is 5.99. The number of nitrogens with zero attached hydrogens (tertiary/aromatic N) is 1.